The normalized spacial score (nSPS) is 20.3. The van der Waals surface area contributed by atoms with Crippen molar-refractivity contribution < 1.29 is 62.0 Å². The molecule has 19 nitrogen and oxygen atoms in total. The summed E-state index contributed by atoms with van der Waals surface area (Å²) in [7, 11) is 0. The Bertz CT molecular complexity index is 1590. The molecule has 4 N–H and O–H groups in total. The van der Waals surface area contributed by atoms with Crippen LogP contribution in [0, 0.1) is 0 Å². The fraction of sp³-hybridized carbons (Fsp3) is 0.469. The van der Waals surface area contributed by atoms with Crippen molar-refractivity contribution in [3.05, 3.63) is 53.3 Å². The third-order valence-corrected chi connectivity index (χ3v) is 7.50. The number of aromatic nitrogens is 2. The predicted molar refractivity (Wildman–Crippen MR) is 169 cm³/mol. The minimum absolute atomic E-state index is 0.0702. The lowest BCUT2D eigenvalue weighted by Crippen LogP contribution is -2.46. The molecule has 0 spiro atoms. The van der Waals surface area contributed by atoms with E-state index in [1.807, 2.05) is 29.2 Å². The molecule has 2 aliphatic rings. The van der Waals surface area contributed by atoms with Gasteiger partial charge in [0.05, 0.1) is 12.7 Å². The summed E-state index contributed by atoms with van der Waals surface area (Å²) in [5.74, 6) is -7.12. The van der Waals surface area contributed by atoms with Crippen molar-refractivity contribution in [2.24, 2.45) is 0 Å². The highest BCUT2D eigenvalue weighted by molar-refractivity contribution is 5.90. The van der Waals surface area contributed by atoms with Crippen molar-refractivity contribution in [3.63, 3.8) is 0 Å². The van der Waals surface area contributed by atoms with Crippen molar-refractivity contribution in [1.82, 2.24) is 31.0 Å². The SMILES string of the molecule is O=C1COC(=O)CNC(=O)COC(=O)C(Cc2ccc(Cn3cc(C4CCOCC4)cn3)cc2)NC(=O)COC(=O)CNC(=O)COC(=O)CN1. The standard InChI is InChI=1S/C32H38N6O13/c39-25-16-49-30(44)12-35-27(41)18-51-32(46)24(37-28(42)19-50-31(45)13-34-26(40)17-48-29(43)11-33-25)9-20-1-3-21(4-2-20)14-38-15-23(10-36-38)22-5-7-47-8-6-22/h1-4,10,15,22,24H,5-9,11-14,16-19H2,(H,33,39)(H,34,40)(H,35,41)(H,37,42). The summed E-state index contributed by atoms with van der Waals surface area (Å²) in [5.41, 5.74) is 2.70. The first kappa shape index (κ1) is 38.0. The molecule has 0 radical (unpaired) electrons. The molecule has 2 fully saturated rings. The van der Waals surface area contributed by atoms with Gasteiger partial charge in [0.15, 0.2) is 26.4 Å². The average molecular weight is 715 g/mol. The molecule has 19 heteroatoms. The largest absolute Gasteiger partial charge is 0.454 e. The molecule has 4 amide bonds. The summed E-state index contributed by atoms with van der Waals surface area (Å²) in [6, 6.07) is 5.85. The number of benzene rings is 1. The predicted octanol–water partition coefficient (Wildman–Crippen LogP) is -2.61. The molecule has 3 heterocycles. The Balaban J connectivity index is 1.37. The number of nitrogens with zero attached hydrogens (tertiary/aromatic N) is 2. The number of cyclic esters (lactones) is 4. The van der Waals surface area contributed by atoms with E-state index in [1.54, 1.807) is 12.1 Å². The number of amides is 4. The topological polar surface area (TPSA) is 249 Å². The van der Waals surface area contributed by atoms with Crippen LogP contribution in [0.2, 0.25) is 0 Å². The minimum atomic E-state index is -1.33. The van der Waals surface area contributed by atoms with E-state index >= 15 is 0 Å². The molecule has 274 valence electrons. The summed E-state index contributed by atoms with van der Waals surface area (Å²) in [5, 5.41) is 13.3. The maximum Gasteiger partial charge on any atom is 0.329 e. The average Bonchev–Trinajstić information content (AvgIpc) is 3.60. The quantitative estimate of drug-likeness (QED) is 0.183. The molecule has 2 aliphatic heterocycles. The Morgan fingerprint density at radius 3 is 1.69 bits per heavy atom. The second-order valence-electron chi connectivity index (χ2n) is 11.4. The fourth-order valence-electron chi connectivity index (χ4n) is 4.83. The monoisotopic (exact) mass is 714 g/mol. The second kappa shape index (κ2) is 19.4. The van der Waals surface area contributed by atoms with Crippen molar-refractivity contribution in [1.29, 1.82) is 0 Å². The van der Waals surface area contributed by atoms with Gasteiger partial charge in [0.25, 0.3) is 23.6 Å². The molecule has 1 aromatic carbocycles. The first-order valence-corrected chi connectivity index (χ1v) is 15.9. The van der Waals surface area contributed by atoms with Gasteiger partial charge in [0.2, 0.25) is 0 Å². The Labute approximate surface area is 291 Å². The number of hydrogen-bond acceptors (Lipinski definition) is 14. The minimum Gasteiger partial charge on any atom is -0.454 e. The first-order chi connectivity index (χ1) is 24.5. The van der Waals surface area contributed by atoms with Gasteiger partial charge in [0.1, 0.15) is 25.7 Å². The van der Waals surface area contributed by atoms with Crippen LogP contribution in [0.3, 0.4) is 0 Å². The Morgan fingerprint density at radius 2 is 1.14 bits per heavy atom. The van der Waals surface area contributed by atoms with E-state index in [0.29, 0.717) is 18.0 Å². The van der Waals surface area contributed by atoms with Crippen LogP contribution in [-0.2, 0) is 75.0 Å². The summed E-state index contributed by atoms with van der Waals surface area (Å²) in [6.07, 6.45) is 5.70. The van der Waals surface area contributed by atoms with Crippen molar-refractivity contribution >= 4 is 47.5 Å². The molecule has 2 saturated heterocycles. The number of rotatable bonds is 5. The highest BCUT2D eigenvalue weighted by atomic mass is 16.6. The number of carbonyl (C=O) groups is 8. The van der Waals surface area contributed by atoms with Gasteiger partial charge in [0, 0.05) is 25.8 Å². The summed E-state index contributed by atoms with van der Waals surface area (Å²) in [4.78, 5) is 97.3. The maximum atomic E-state index is 13.0. The number of nitrogens with one attached hydrogen (secondary N) is 4. The zero-order valence-electron chi connectivity index (χ0n) is 27.5. The van der Waals surface area contributed by atoms with Crippen LogP contribution in [0.25, 0.3) is 0 Å². The van der Waals surface area contributed by atoms with Gasteiger partial charge in [-0.1, -0.05) is 24.3 Å². The molecular weight excluding hydrogens is 676 g/mol. The number of hydrogen-bond donors (Lipinski definition) is 4. The van der Waals surface area contributed by atoms with Crippen LogP contribution in [0.4, 0.5) is 0 Å². The van der Waals surface area contributed by atoms with Crippen LogP contribution in [0.15, 0.2) is 36.7 Å². The van der Waals surface area contributed by atoms with Crippen molar-refractivity contribution in [2.45, 2.75) is 37.8 Å². The zero-order valence-corrected chi connectivity index (χ0v) is 27.5. The molecular formula is C32H38N6O13. The smallest absolute Gasteiger partial charge is 0.329 e. The van der Waals surface area contributed by atoms with Crippen LogP contribution < -0.4 is 21.3 Å². The van der Waals surface area contributed by atoms with Crippen LogP contribution in [0.5, 0.6) is 0 Å². The van der Waals surface area contributed by atoms with E-state index in [-0.39, 0.29) is 6.42 Å². The summed E-state index contributed by atoms with van der Waals surface area (Å²) >= 11 is 0. The zero-order chi connectivity index (χ0) is 36.6. The lowest BCUT2D eigenvalue weighted by molar-refractivity contribution is -0.154. The number of esters is 4. The van der Waals surface area contributed by atoms with Gasteiger partial charge in [-0.2, -0.15) is 5.10 Å². The first-order valence-electron chi connectivity index (χ1n) is 15.9. The highest BCUT2D eigenvalue weighted by Crippen LogP contribution is 2.26. The van der Waals surface area contributed by atoms with E-state index in [9.17, 15) is 38.4 Å². The fourth-order valence-corrected chi connectivity index (χ4v) is 4.83. The van der Waals surface area contributed by atoms with Crippen molar-refractivity contribution in [3.8, 4) is 0 Å². The molecule has 4 rings (SSSR count). The van der Waals surface area contributed by atoms with E-state index in [2.05, 4.69) is 31.1 Å². The number of carbonyl (C=O) groups excluding carboxylic acids is 8. The summed E-state index contributed by atoms with van der Waals surface area (Å²) < 4.78 is 26.6. The molecule has 1 aromatic heterocycles. The van der Waals surface area contributed by atoms with Gasteiger partial charge in [-0.25, -0.2) is 4.79 Å². The third kappa shape index (κ3) is 13.5. The van der Waals surface area contributed by atoms with Crippen molar-refractivity contribution in [2.75, 3.05) is 59.3 Å². The van der Waals surface area contributed by atoms with E-state index in [0.717, 1.165) is 37.2 Å². The molecule has 1 atom stereocenters. The van der Waals surface area contributed by atoms with Crippen LogP contribution in [0.1, 0.15) is 35.4 Å². The van der Waals surface area contributed by atoms with Crippen LogP contribution in [-0.4, -0.2) is 123 Å². The Morgan fingerprint density at radius 1 is 0.647 bits per heavy atom. The molecule has 1 unspecified atom stereocenters. The highest BCUT2D eigenvalue weighted by Gasteiger charge is 2.25. The van der Waals surface area contributed by atoms with Gasteiger partial charge < -0.3 is 45.0 Å². The number of ether oxygens (including phenoxy) is 5. The molecule has 51 heavy (non-hydrogen) atoms. The van der Waals surface area contributed by atoms with Gasteiger partial charge >= 0.3 is 23.9 Å². The molecule has 2 aromatic rings. The van der Waals surface area contributed by atoms with E-state index in [1.165, 1.54) is 0 Å². The second-order valence-corrected chi connectivity index (χ2v) is 11.4. The Hall–Kier alpha value is -5.85. The van der Waals surface area contributed by atoms with Gasteiger partial charge in [-0.3, -0.25) is 38.2 Å². The lowest BCUT2D eigenvalue weighted by Gasteiger charge is -2.20. The Kier molecular flexibility index (Phi) is 14.4. The molecule has 0 bridgehead atoms. The van der Waals surface area contributed by atoms with Crippen LogP contribution >= 0.6 is 0 Å². The molecule has 0 saturated carbocycles. The molecule has 0 aliphatic carbocycles. The maximum absolute atomic E-state index is 13.0. The summed E-state index contributed by atoms with van der Waals surface area (Å²) in [6.45, 7) is -3.28. The van der Waals surface area contributed by atoms with Gasteiger partial charge in [-0.15, -0.1) is 0 Å². The lowest BCUT2D eigenvalue weighted by atomic mass is 9.94. The van der Waals surface area contributed by atoms with E-state index in [4.69, 9.17) is 18.9 Å². The third-order valence-electron chi connectivity index (χ3n) is 7.50. The van der Waals surface area contributed by atoms with Gasteiger partial charge in [-0.05, 0) is 35.4 Å². The van der Waals surface area contributed by atoms with E-state index < -0.39 is 99.6 Å².